The van der Waals surface area contributed by atoms with E-state index in [0.717, 1.165) is 9.99 Å². The molecule has 0 radical (unpaired) electrons. The average Bonchev–Trinajstić information content (AvgIpc) is 2.30. The number of fused-ring (bicyclic) bond motifs is 1. The number of nitrogens with zero attached hydrogens (tertiary/aromatic N) is 2. The van der Waals surface area contributed by atoms with Crippen LogP contribution in [0.2, 0.25) is 5.15 Å². The van der Waals surface area contributed by atoms with Crippen molar-refractivity contribution in [2.45, 2.75) is 0 Å². The Bertz CT molecular complexity index is 401. The summed E-state index contributed by atoms with van der Waals surface area (Å²) < 4.78 is 1.41. The van der Waals surface area contributed by atoms with Crippen molar-refractivity contribution in [3.8, 4) is 0 Å². The van der Waals surface area contributed by atoms with Gasteiger partial charge in [0.05, 0.1) is 9.99 Å². The van der Waals surface area contributed by atoms with Crippen molar-refractivity contribution in [1.82, 2.24) is 15.0 Å². The topological polar surface area (TPSA) is 41.6 Å². The van der Waals surface area contributed by atoms with Gasteiger partial charge < -0.3 is 4.98 Å². The van der Waals surface area contributed by atoms with Crippen molar-refractivity contribution in [1.29, 1.82) is 0 Å². The predicted octanol–water partition coefficient (Wildman–Crippen LogP) is 3.14. The molecule has 62 valence electrons. The number of H-pyrrole nitrogens is 1. The van der Waals surface area contributed by atoms with E-state index in [-0.39, 0.29) is 0 Å². The highest BCUT2D eigenvalue weighted by Crippen LogP contribution is 2.24. The van der Waals surface area contributed by atoms with Gasteiger partial charge in [0.2, 0.25) is 0 Å². The van der Waals surface area contributed by atoms with Crippen LogP contribution >= 0.6 is 43.5 Å². The predicted molar refractivity (Wildman–Crippen MR) is 54.3 cm³/mol. The first-order valence-corrected chi connectivity index (χ1v) is 5.00. The van der Waals surface area contributed by atoms with Gasteiger partial charge in [0.1, 0.15) is 5.15 Å². The number of imidazole rings is 1. The molecule has 3 nitrogen and oxygen atoms in total. The molecule has 0 saturated heterocycles. The second-order valence-electron chi connectivity index (χ2n) is 2.16. The van der Waals surface area contributed by atoms with E-state index in [4.69, 9.17) is 11.6 Å². The van der Waals surface area contributed by atoms with Gasteiger partial charge in [-0.15, -0.1) is 0 Å². The van der Waals surface area contributed by atoms with Gasteiger partial charge >= 0.3 is 0 Å². The monoisotopic (exact) mass is 309 g/mol. The van der Waals surface area contributed by atoms with Crippen LogP contribution in [0.15, 0.2) is 15.3 Å². The lowest BCUT2D eigenvalue weighted by molar-refractivity contribution is 1.24. The third kappa shape index (κ3) is 1.36. The van der Waals surface area contributed by atoms with E-state index in [1.165, 1.54) is 0 Å². The molecule has 0 unspecified atom stereocenters. The van der Waals surface area contributed by atoms with E-state index >= 15 is 0 Å². The van der Waals surface area contributed by atoms with Crippen molar-refractivity contribution in [3.05, 3.63) is 20.4 Å². The van der Waals surface area contributed by atoms with E-state index in [9.17, 15) is 0 Å². The standard InChI is InChI=1S/C6H2Br2ClN3/c7-2-1-3-5(11-4(2)9)12-6(8)10-3/h1H,(H,10,11,12). The molecule has 0 saturated carbocycles. The van der Waals surface area contributed by atoms with Crippen molar-refractivity contribution >= 4 is 54.6 Å². The minimum atomic E-state index is 0.418. The van der Waals surface area contributed by atoms with Gasteiger partial charge in [0, 0.05) is 0 Å². The van der Waals surface area contributed by atoms with Crippen molar-refractivity contribution < 1.29 is 0 Å². The molecule has 2 heterocycles. The Hall–Kier alpha value is -0.130. The highest BCUT2D eigenvalue weighted by atomic mass is 79.9. The molecule has 2 aromatic heterocycles. The quantitative estimate of drug-likeness (QED) is 0.760. The van der Waals surface area contributed by atoms with E-state index in [1.54, 1.807) is 0 Å². The fourth-order valence-corrected chi connectivity index (χ4v) is 1.70. The largest absolute Gasteiger partial charge is 0.331 e. The van der Waals surface area contributed by atoms with E-state index in [1.807, 2.05) is 6.07 Å². The van der Waals surface area contributed by atoms with Crippen LogP contribution in [0.25, 0.3) is 11.2 Å². The zero-order valence-electron chi connectivity index (χ0n) is 5.61. The Labute approximate surface area is 89.8 Å². The maximum absolute atomic E-state index is 5.77. The van der Waals surface area contributed by atoms with Gasteiger partial charge in [-0.05, 0) is 37.9 Å². The summed E-state index contributed by atoms with van der Waals surface area (Å²) in [7, 11) is 0. The second kappa shape index (κ2) is 2.97. The zero-order valence-corrected chi connectivity index (χ0v) is 9.53. The van der Waals surface area contributed by atoms with E-state index < -0.39 is 0 Å². The van der Waals surface area contributed by atoms with Gasteiger partial charge in [-0.1, -0.05) is 11.6 Å². The molecular weight excluding hydrogens is 309 g/mol. The smallest absolute Gasteiger partial charge is 0.180 e. The maximum atomic E-state index is 5.77. The lowest BCUT2D eigenvalue weighted by Crippen LogP contribution is -1.79. The summed E-state index contributed by atoms with van der Waals surface area (Å²) in [6, 6.07) is 1.84. The zero-order chi connectivity index (χ0) is 8.72. The van der Waals surface area contributed by atoms with Gasteiger partial charge in [-0.25, -0.2) is 9.97 Å². The van der Waals surface area contributed by atoms with Gasteiger partial charge in [0.15, 0.2) is 10.4 Å². The Morgan fingerprint density at radius 2 is 2.08 bits per heavy atom. The minimum Gasteiger partial charge on any atom is -0.331 e. The second-order valence-corrected chi connectivity index (χ2v) is 4.12. The van der Waals surface area contributed by atoms with Crippen molar-refractivity contribution in [2.75, 3.05) is 0 Å². The SMILES string of the molecule is Clc1nc2nc(Br)[nH]c2cc1Br. The molecule has 0 atom stereocenters. The summed E-state index contributed by atoms with van der Waals surface area (Å²) in [5.41, 5.74) is 1.45. The summed E-state index contributed by atoms with van der Waals surface area (Å²) in [4.78, 5) is 11.1. The molecular formula is C6H2Br2ClN3. The summed E-state index contributed by atoms with van der Waals surface area (Å²) in [6.07, 6.45) is 0. The molecule has 0 spiro atoms. The Morgan fingerprint density at radius 1 is 1.33 bits per heavy atom. The van der Waals surface area contributed by atoms with Crippen LogP contribution in [0, 0.1) is 0 Å². The Kier molecular flexibility index (Phi) is 2.10. The molecule has 2 aromatic rings. The Balaban J connectivity index is 2.83. The van der Waals surface area contributed by atoms with Crippen LogP contribution in [0.3, 0.4) is 0 Å². The molecule has 0 aliphatic heterocycles. The lowest BCUT2D eigenvalue weighted by Gasteiger charge is -1.92. The highest BCUT2D eigenvalue weighted by molar-refractivity contribution is 9.10. The van der Waals surface area contributed by atoms with E-state index in [2.05, 4.69) is 46.8 Å². The van der Waals surface area contributed by atoms with Crippen molar-refractivity contribution in [3.63, 3.8) is 0 Å². The fourth-order valence-electron chi connectivity index (χ4n) is 0.867. The maximum Gasteiger partial charge on any atom is 0.180 e. The summed E-state index contributed by atoms with van der Waals surface area (Å²) in [5.74, 6) is 0. The number of nitrogens with one attached hydrogen (secondary N) is 1. The number of pyridine rings is 1. The first kappa shape index (κ1) is 8.47. The summed E-state index contributed by atoms with van der Waals surface area (Å²) >= 11 is 12.2. The molecule has 0 bridgehead atoms. The van der Waals surface area contributed by atoms with Gasteiger partial charge in [0.25, 0.3) is 0 Å². The fraction of sp³-hybridized carbons (Fsp3) is 0. The first-order chi connectivity index (χ1) is 5.66. The van der Waals surface area contributed by atoms with Crippen LogP contribution in [0.5, 0.6) is 0 Å². The number of rotatable bonds is 0. The number of hydrogen-bond donors (Lipinski definition) is 1. The molecule has 0 aliphatic carbocycles. The van der Waals surface area contributed by atoms with Crippen molar-refractivity contribution in [2.24, 2.45) is 0 Å². The molecule has 0 aromatic carbocycles. The average molecular weight is 311 g/mol. The van der Waals surface area contributed by atoms with Crippen LogP contribution in [0.1, 0.15) is 0 Å². The van der Waals surface area contributed by atoms with Crippen LogP contribution < -0.4 is 0 Å². The number of aromatic amines is 1. The number of hydrogen-bond acceptors (Lipinski definition) is 2. The number of aromatic nitrogens is 3. The third-order valence-corrected chi connectivity index (χ3v) is 2.85. The molecule has 6 heteroatoms. The Morgan fingerprint density at radius 3 is 2.83 bits per heavy atom. The molecule has 0 amide bonds. The van der Waals surface area contributed by atoms with Crippen LogP contribution in [-0.4, -0.2) is 15.0 Å². The van der Waals surface area contributed by atoms with Crippen LogP contribution in [-0.2, 0) is 0 Å². The molecule has 1 N–H and O–H groups in total. The first-order valence-electron chi connectivity index (χ1n) is 3.04. The lowest BCUT2D eigenvalue weighted by atomic mass is 10.4. The normalized spacial score (nSPS) is 10.9. The minimum absolute atomic E-state index is 0.418. The van der Waals surface area contributed by atoms with Gasteiger partial charge in [-0.2, -0.15) is 0 Å². The molecule has 0 aliphatic rings. The molecule has 0 fully saturated rings. The highest BCUT2D eigenvalue weighted by Gasteiger charge is 2.05. The summed E-state index contributed by atoms with van der Waals surface area (Å²) in [6.45, 7) is 0. The molecule has 2 rings (SSSR count). The molecule has 12 heavy (non-hydrogen) atoms. The number of halogens is 3. The van der Waals surface area contributed by atoms with Crippen LogP contribution in [0.4, 0.5) is 0 Å². The third-order valence-electron chi connectivity index (χ3n) is 1.35. The summed E-state index contributed by atoms with van der Waals surface area (Å²) in [5, 5.41) is 0.418. The van der Waals surface area contributed by atoms with E-state index in [0.29, 0.717) is 15.5 Å². The van der Waals surface area contributed by atoms with Gasteiger partial charge in [-0.3, -0.25) is 0 Å².